The van der Waals surface area contributed by atoms with Gasteiger partial charge in [0.05, 0.1) is 33.8 Å². The first-order valence-corrected chi connectivity index (χ1v) is 22.0. The number of benzene rings is 9. The average molecular weight is 832 g/mol. The summed E-state index contributed by atoms with van der Waals surface area (Å²) in [5, 5.41) is 2.25. The molecule has 0 fully saturated rings. The molecule has 0 spiro atoms. The Labute approximate surface area is 377 Å². The van der Waals surface area contributed by atoms with Crippen LogP contribution in [0.5, 0.6) is 0 Å². The molecule has 3 aromatic heterocycles. The Morgan fingerprint density at radius 2 is 0.538 bits per heavy atom. The van der Waals surface area contributed by atoms with Crippen LogP contribution < -0.4 is 0 Å². The van der Waals surface area contributed by atoms with Gasteiger partial charge in [0.25, 0.3) is 0 Å². The fourth-order valence-electron chi connectivity index (χ4n) is 9.36. The lowest BCUT2D eigenvalue weighted by Crippen LogP contribution is -2.00. The molecule has 9 aromatic carbocycles. The normalized spacial score (nSPS) is 11.4. The minimum absolute atomic E-state index is 0.868. The van der Waals surface area contributed by atoms with Crippen molar-refractivity contribution in [1.82, 2.24) is 23.7 Å². The van der Waals surface area contributed by atoms with Gasteiger partial charge in [-0.1, -0.05) is 176 Å². The summed E-state index contributed by atoms with van der Waals surface area (Å²) in [6, 6.07) is 87.8. The van der Waals surface area contributed by atoms with Crippen molar-refractivity contribution in [2.75, 3.05) is 0 Å². The van der Waals surface area contributed by atoms with Crippen LogP contribution in [0.1, 0.15) is 0 Å². The SMILES string of the molecule is c1ccc(-c2nc(-c3ccc4c(c3)c3cc(-c5nc(-c6ccccc6)c(-c6ccccc6)n5-c5ccccc5)ccc3n4-c3ccccc3)n(-c3ccccc3)c2-c2ccccc2)cc1. The maximum atomic E-state index is 5.58. The number of para-hydroxylation sites is 3. The van der Waals surface area contributed by atoms with E-state index >= 15 is 0 Å². The Balaban J connectivity index is 1.14. The van der Waals surface area contributed by atoms with E-state index in [-0.39, 0.29) is 0 Å². The molecule has 5 nitrogen and oxygen atoms in total. The van der Waals surface area contributed by atoms with Crippen molar-refractivity contribution in [3.63, 3.8) is 0 Å². The zero-order chi connectivity index (χ0) is 43.1. The second kappa shape index (κ2) is 16.2. The van der Waals surface area contributed by atoms with E-state index < -0.39 is 0 Å². The summed E-state index contributed by atoms with van der Waals surface area (Å²) in [5.74, 6) is 1.74. The second-order valence-corrected chi connectivity index (χ2v) is 16.2. The monoisotopic (exact) mass is 831 g/mol. The Kier molecular flexibility index (Phi) is 9.42. The first-order valence-electron chi connectivity index (χ1n) is 22.0. The third-order valence-corrected chi connectivity index (χ3v) is 12.3. The number of hydrogen-bond donors (Lipinski definition) is 0. The van der Waals surface area contributed by atoms with Crippen molar-refractivity contribution in [2.45, 2.75) is 0 Å². The number of hydrogen-bond acceptors (Lipinski definition) is 2. The lowest BCUT2D eigenvalue weighted by Gasteiger charge is -2.14. The zero-order valence-electron chi connectivity index (χ0n) is 35.4. The number of nitrogens with zero attached hydrogens (tertiary/aromatic N) is 5. The highest BCUT2D eigenvalue weighted by atomic mass is 15.1. The molecule has 0 radical (unpaired) electrons. The van der Waals surface area contributed by atoms with Gasteiger partial charge in [-0.15, -0.1) is 0 Å². The summed E-state index contributed by atoms with van der Waals surface area (Å²) < 4.78 is 7.03. The van der Waals surface area contributed by atoms with Gasteiger partial charge in [0.2, 0.25) is 0 Å². The third kappa shape index (κ3) is 6.66. The summed E-state index contributed by atoms with van der Waals surface area (Å²) in [5.41, 5.74) is 15.7. The predicted molar refractivity (Wildman–Crippen MR) is 268 cm³/mol. The highest BCUT2D eigenvalue weighted by Gasteiger charge is 2.26. The van der Waals surface area contributed by atoms with Gasteiger partial charge in [-0.2, -0.15) is 0 Å². The molecule has 0 aliphatic rings. The van der Waals surface area contributed by atoms with Crippen LogP contribution in [-0.2, 0) is 0 Å². The molecule has 12 aromatic rings. The Hall–Kier alpha value is -8.80. The van der Waals surface area contributed by atoms with Crippen molar-refractivity contribution < 1.29 is 0 Å². The summed E-state index contributed by atoms with van der Waals surface area (Å²) >= 11 is 0. The van der Waals surface area contributed by atoms with Crippen LogP contribution in [0, 0.1) is 0 Å². The molecule has 0 saturated carbocycles. The third-order valence-electron chi connectivity index (χ3n) is 12.3. The van der Waals surface area contributed by atoms with Gasteiger partial charge in [-0.25, -0.2) is 9.97 Å². The van der Waals surface area contributed by atoms with Crippen LogP contribution in [0.25, 0.3) is 107 Å². The van der Waals surface area contributed by atoms with Gasteiger partial charge in [-0.05, 0) is 72.8 Å². The summed E-state index contributed by atoms with van der Waals surface area (Å²) in [6.07, 6.45) is 0. The van der Waals surface area contributed by atoms with Crippen molar-refractivity contribution in [1.29, 1.82) is 0 Å². The lowest BCUT2D eigenvalue weighted by atomic mass is 10.0. The highest BCUT2D eigenvalue weighted by Crippen LogP contribution is 2.43. The van der Waals surface area contributed by atoms with Gasteiger partial charge < -0.3 is 4.57 Å². The number of fused-ring (bicyclic) bond motifs is 3. The molecule has 12 rings (SSSR count). The van der Waals surface area contributed by atoms with Crippen LogP contribution >= 0.6 is 0 Å². The summed E-state index contributed by atoms with van der Waals surface area (Å²) in [6.45, 7) is 0. The molecule has 0 N–H and O–H groups in total. The molecular formula is C60H41N5. The van der Waals surface area contributed by atoms with Crippen LogP contribution in [0.2, 0.25) is 0 Å². The molecule has 0 amide bonds. The first-order chi connectivity index (χ1) is 32.3. The molecule has 0 atom stereocenters. The molecule has 0 unspecified atom stereocenters. The van der Waals surface area contributed by atoms with E-state index in [0.29, 0.717) is 0 Å². The van der Waals surface area contributed by atoms with Gasteiger partial charge in [0, 0.05) is 61.2 Å². The molecule has 0 aliphatic carbocycles. The standard InChI is InChI=1S/C60H41N5/c1-8-22-42(23-9-1)55-57(44-26-12-3-13-27-44)64(49-32-18-6-19-33-49)59(61-55)46-36-38-53-51(40-46)52-41-47(37-39-54(52)63(53)48-30-16-5-17-31-48)60-62-56(43-24-10-2-11-25-43)58(45-28-14-4-15-29-45)65(60)50-34-20-7-21-35-50/h1-41H. The fourth-order valence-corrected chi connectivity index (χ4v) is 9.36. The van der Waals surface area contributed by atoms with E-state index in [4.69, 9.17) is 9.97 Å². The molecule has 5 heteroatoms. The maximum Gasteiger partial charge on any atom is 0.145 e. The second-order valence-electron chi connectivity index (χ2n) is 16.2. The summed E-state index contributed by atoms with van der Waals surface area (Å²) in [4.78, 5) is 11.2. The van der Waals surface area contributed by atoms with E-state index in [0.717, 1.165) is 107 Å². The average Bonchev–Trinajstić information content (AvgIpc) is 4.09. The Morgan fingerprint density at radius 1 is 0.246 bits per heavy atom. The molecule has 0 saturated heterocycles. The van der Waals surface area contributed by atoms with Crippen LogP contribution in [-0.4, -0.2) is 23.7 Å². The van der Waals surface area contributed by atoms with Crippen molar-refractivity contribution in [3.8, 4) is 84.9 Å². The summed E-state index contributed by atoms with van der Waals surface area (Å²) in [7, 11) is 0. The van der Waals surface area contributed by atoms with Crippen LogP contribution in [0.4, 0.5) is 0 Å². The molecule has 0 aliphatic heterocycles. The van der Waals surface area contributed by atoms with Crippen LogP contribution in [0.3, 0.4) is 0 Å². The number of imidazole rings is 2. The lowest BCUT2D eigenvalue weighted by molar-refractivity contribution is 1.07. The predicted octanol–water partition coefficient (Wildman–Crippen LogP) is 15.2. The Bertz CT molecular complexity index is 3370. The van der Waals surface area contributed by atoms with Crippen molar-refractivity contribution in [3.05, 3.63) is 249 Å². The topological polar surface area (TPSA) is 40.6 Å². The van der Waals surface area contributed by atoms with Crippen molar-refractivity contribution in [2.24, 2.45) is 0 Å². The minimum Gasteiger partial charge on any atom is -0.309 e. The smallest absolute Gasteiger partial charge is 0.145 e. The molecule has 3 heterocycles. The molecule has 306 valence electrons. The van der Waals surface area contributed by atoms with E-state index in [9.17, 15) is 0 Å². The number of aromatic nitrogens is 5. The van der Waals surface area contributed by atoms with E-state index in [2.05, 4.69) is 262 Å². The number of rotatable bonds is 9. The van der Waals surface area contributed by atoms with Gasteiger partial charge >= 0.3 is 0 Å². The quantitative estimate of drug-likeness (QED) is 0.145. The Morgan fingerprint density at radius 3 is 0.877 bits per heavy atom. The van der Waals surface area contributed by atoms with Gasteiger partial charge in [0.1, 0.15) is 11.6 Å². The zero-order valence-corrected chi connectivity index (χ0v) is 35.4. The first kappa shape index (κ1) is 37.9. The molecule has 65 heavy (non-hydrogen) atoms. The fraction of sp³-hybridized carbons (Fsp3) is 0. The minimum atomic E-state index is 0.868. The van der Waals surface area contributed by atoms with E-state index in [1.165, 1.54) is 0 Å². The molecule has 0 bridgehead atoms. The van der Waals surface area contributed by atoms with E-state index in [1.54, 1.807) is 0 Å². The highest BCUT2D eigenvalue weighted by molar-refractivity contribution is 6.11. The largest absolute Gasteiger partial charge is 0.309 e. The van der Waals surface area contributed by atoms with Gasteiger partial charge in [0.15, 0.2) is 0 Å². The van der Waals surface area contributed by atoms with Gasteiger partial charge in [-0.3, -0.25) is 9.13 Å². The van der Waals surface area contributed by atoms with Crippen LogP contribution in [0.15, 0.2) is 249 Å². The van der Waals surface area contributed by atoms with Crippen molar-refractivity contribution >= 4 is 21.8 Å². The molecular weight excluding hydrogens is 791 g/mol. The maximum absolute atomic E-state index is 5.58. The van der Waals surface area contributed by atoms with E-state index in [1.807, 2.05) is 0 Å².